The lowest BCUT2D eigenvalue weighted by Gasteiger charge is -2.39. The molecule has 0 fully saturated rings. The molecule has 0 saturated carbocycles. The lowest BCUT2D eigenvalue weighted by Crippen LogP contribution is -2.71. The lowest BCUT2D eigenvalue weighted by atomic mass is 9.92. The molecule has 0 spiro atoms. The first-order valence-electron chi connectivity index (χ1n) is 4.66. The summed E-state index contributed by atoms with van der Waals surface area (Å²) in [5, 5.41) is 0. The number of halogens is 13. The van der Waals surface area contributed by atoms with Crippen LogP contribution in [0.4, 0.5) is 57.1 Å². The third kappa shape index (κ3) is 2.39. The van der Waals surface area contributed by atoms with Gasteiger partial charge >= 0.3 is 35.5 Å². The Morgan fingerprint density at radius 1 is 0.591 bits per heavy atom. The van der Waals surface area contributed by atoms with E-state index in [1.54, 1.807) is 0 Å². The quantitative estimate of drug-likeness (QED) is 0.495. The van der Waals surface area contributed by atoms with E-state index in [9.17, 15) is 61.9 Å². The molecule has 0 radical (unpaired) electrons. The van der Waals surface area contributed by atoms with E-state index >= 15 is 0 Å². The summed E-state index contributed by atoms with van der Waals surface area (Å²) in [6, 6.07) is 0. The van der Waals surface area contributed by atoms with Gasteiger partial charge in [0.15, 0.2) is 13.0 Å². The third-order valence-corrected chi connectivity index (χ3v) is 2.38. The normalized spacial score (nSPS) is 15.9. The van der Waals surface area contributed by atoms with Crippen LogP contribution in [-0.4, -0.2) is 48.5 Å². The van der Waals surface area contributed by atoms with Crippen molar-refractivity contribution < 1.29 is 61.9 Å². The molecule has 0 heterocycles. The van der Waals surface area contributed by atoms with Gasteiger partial charge in [-0.15, -0.1) is 0 Å². The maximum absolute atomic E-state index is 12.7. The first-order valence-corrected chi connectivity index (χ1v) is 4.66. The first-order chi connectivity index (χ1) is 9.37. The van der Waals surface area contributed by atoms with Crippen molar-refractivity contribution in [1.29, 1.82) is 0 Å². The molecule has 0 atom stereocenters. The van der Waals surface area contributed by atoms with E-state index in [4.69, 9.17) is 0 Å². The third-order valence-electron chi connectivity index (χ3n) is 2.38. The number of rotatable bonds is 7. The maximum atomic E-state index is 12.7. The monoisotopic (exact) mass is 362 g/mol. The van der Waals surface area contributed by atoms with E-state index in [1.807, 2.05) is 0 Å². The van der Waals surface area contributed by atoms with Crippen molar-refractivity contribution in [1.82, 2.24) is 0 Å². The Morgan fingerprint density at radius 3 is 1.18 bits per heavy atom. The summed E-state index contributed by atoms with van der Waals surface area (Å²) in [5.41, 5.74) is 0. The molecule has 0 rings (SSSR count). The highest BCUT2D eigenvalue weighted by Gasteiger charge is 2.90. The average Bonchev–Trinajstić information content (AvgIpc) is 2.37. The molecule has 0 N–H and O–H groups in total. The SMILES string of the molecule is O=CC(F)(F)C(F)(F)C(F)(F)C(F)(F)C(F)(F)C(F)(F)CF. The van der Waals surface area contributed by atoms with Crippen LogP contribution in [0.3, 0.4) is 0 Å². The van der Waals surface area contributed by atoms with E-state index < -0.39 is 48.5 Å². The molecular weight excluding hydrogens is 359 g/mol. The van der Waals surface area contributed by atoms with Crippen LogP contribution in [0.1, 0.15) is 0 Å². The Morgan fingerprint density at radius 2 is 0.909 bits per heavy atom. The smallest absolute Gasteiger partial charge is 0.296 e. The van der Waals surface area contributed by atoms with Gasteiger partial charge in [0, 0.05) is 0 Å². The molecule has 0 aliphatic heterocycles. The fourth-order valence-corrected chi connectivity index (χ4v) is 0.991. The second kappa shape index (κ2) is 5.15. The minimum absolute atomic E-state index is 2.26. The topological polar surface area (TPSA) is 17.1 Å². The van der Waals surface area contributed by atoms with Gasteiger partial charge in [-0.05, 0) is 0 Å². The van der Waals surface area contributed by atoms with Crippen LogP contribution in [0.2, 0.25) is 0 Å². The molecule has 0 aromatic rings. The van der Waals surface area contributed by atoms with Gasteiger partial charge in [0.2, 0.25) is 0 Å². The summed E-state index contributed by atoms with van der Waals surface area (Å²) in [6.45, 7) is -3.68. The van der Waals surface area contributed by atoms with Crippen molar-refractivity contribution in [3.63, 3.8) is 0 Å². The fourth-order valence-electron chi connectivity index (χ4n) is 0.991. The molecule has 132 valence electrons. The summed E-state index contributed by atoms with van der Waals surface area (Å²) in [5.74, 6) is -43.8. The molecular formula is C8H3F13O. The van der Waals surface area contributed by atoms with Crippen molar-refractivity contribution in [2.24, 2.45) is 0 Å². The van der Waals surface area contributed by atoms with Crippen LogP contribution >= 0.6 is 0 Å². The van der Waals surface area contributed by atoms with Crippen molar-refractivity contribution in [3.8, 4) is 0 Å². The summed E-state index contributed by atoms with van der Waals surface area (Å²) in [7, 11) is 0. The van der Waals surface area contributed by atoms with Crippen LogP contribution < -0.4 is 0 Å². The van der Waals surface area contributed by atoms with Gasteiger partial charge < -0.3 is 0 Å². The van der Waals surface area contributed by atoms with Crippen molar-refractivity contribution in [2.75, 3.05) is 6.67 Å². The Balaban J connectivity index is 6.25. The molecule has 0 amide bonds. The van der Waals surface area contributed by atoms with Crippen LogP contribution in [0.25, 0.3) is 0 Å². The summed E-state index contributed by atoms with van der Waals surface area (Å²) >= 11 is 0. The predicted molar refractivity (Wildman–Crippen MR) is 41.7 cm³/mol. The zero-order valence-corrected chi connectivity index (χ0v) is 9.61. The van der Waals surface area contributed by atoms with Gasteiger partial charge in [-0.2, -0.15) is 52.7 Å². The Bertz CT molecular complexity index is 426. The molecule has 1 nitrogen and oxygen atoms in total. The van der Waals surface area contributed by atoms with Crippen LogP contribution in [0.5, 0.6) is 0 Å². The van der Waals surface area contributed by atoms with Crippen molar-refractivity contribution in [3.05, 3.63) is 0 Å². The summed E-state index contributed by atoms with van der Waals surface area (Å²) in [6.07, 6.45) is -2.26. The average molecular weight is 362 g/mol. The molecule has 0 aliphatic carbocycles. The van der Waals surface area contributed by atoms with E-state index in [0.29, 0.717) is 0 Å². The fraction of sp³-hybridized carbons (Fsp3) is 0.875. The van der Waals surface area contributed by atoms with Gasteiger partial charge in [0.05, 0.1) is 0 Å². The largest absolute Gasteiger partial charge is 0.385 e. The Hall–Kier alpha value is -1.24. The maximum Gasteiger partial charge on any atom is 0.385 e. The minimum atomic E-state index is -7.83. The van der Waals surface area contributed by atoms with E-state index in [2.05, 4.69) is 0 Å². The molecule has 0 bridgehead atoms. The highest BCUT2D eigenvalue weighted by atomic mass is 19.4. The highest BCUT2D eigenvalue weighted by molar-refractivity contribution is 5.62. The van der Waals surface area contributed by atoms with Crippen LogP contribution in [0, 0.1) is 0 Å². The molecule has 14 heteroatoms. The van der Waals surface area contributed by atoms with E-state index in [1.165, 1.54) is 0 Å². The number of hydrogen-bond acceptors (Lipinski definition) is 1. The molecule has 0 aromatic heterocycles. The Kier molecular flexibility index (Phi) is 4.86. The van der Waals surface area contributed by atoms with E-state index in [-0.39, 0.29) is 0 Å². The van der Waals surface area contributed by atoms with Gasteiger partial charge in [-0.3, -0.25) is 4.79 Å². The standard InChI is InChI=1S/C8H3F13O/c9-1-3(10,11)5(14,15)7(18,19)8(20,21)6(16,17)4(12,13)2-22/h2H,1H2. The number of carbonyl (C=O) groups is 1. The molecule has 0 aromatic carbocycles. The van der Waals surface area contributed by atoms with Gasteiger partial charge in [-0.1, -0.05) is 0 Å². The zero-order chi connectivity index (χ0) is 18.4. The number of hydrogen-bond donors (Lipinski definition) is 0. The molecule has 0 saturated heterocycles. The first kappa shape index (κ1) is 20.8. The second-order valence-electron chi connectivity index (χ2n) is 3.88. The van der Waals surface area contributed by atoms with Crippen LogP contribution in [-0.2, 0) is 4.79 Å². The Labute approximate surface area is 112 Å². The highest BCUT2D eigenvalue weighted by Crippen LogP contribution is 2.59. The summed E-state index contributed by atoms with van der Waals surface area (Å²) < 4.78 is 162. The zero-order valence-electron chi connectivity index (χ0n) is 9.61. The number of alkyl halides is 13. The molecule has 0 unspecified atom stereocenters. The van der Waals surface area contributed by atoms with Crippen molar-refractivity contribution >= 4 is 6.29 Å². The minimum Gasteiger partial charge on any atom is -0.296 e. The number of carbonyl (C=O) groups excluding carboxylic acids is 1. The van der Waals surface area contributed by atoms with E-state index in [0.717, 1.165) is 0 Å². The predicted octanol–water partition coefficient (Wildman–Crippen LogP) is 3.97. The van der Waals surface area contributed by atoms with Gasteiger partial charge in [0.25, 0.3) is 0 Å². The summed E-state index contributed by atoms with van der Waals surface area (Å²) in [4.78, 5) is 9.55. The molecule has 0 aliphatic rings. The van der Waals surface area contributed by atoms with Crippen LogP contribution in [0.15, 0.2) is 0 Å². The lowest BCUT2D eigenvalue weighted by molar-refractivity contribution is -0.419. The van der Waals surface area contributed by atoms with Crippen molar-refractivity contribution in [2.45, 2.75) is 35.5 Å². The second-order valence-corrected chi connectivity index (χ2v) is 3.88. The number of aldehydes is 1. The van der Waals surface area contributed by atoms with Gasteiger partial charge in [-0.25, -0.2) is 4.39 Å². The van der Waals surface area contributed by atoms with Gasteiger partial charge in [0.1, 0.15) is 0 Å². The molecule has 22 heavy (non-hydrogen) atoms.